The predicted molar refractivity (Wildman–Crippen MR) is 85.3 cm³/mol. The average molecular weight is 317 g/mol. The van der Waals surface area contributed by atoms with Gasteiger partial charge in [-0.05, 0) is 49.9 Å². The lowest BCUT2D eigenvalue weighted by Crippen LogP contribution is -2.91. The van der Waals surface area contributed by atoms with Crippen molar-refractivity contribution < 1.29 is 19.3 Å². The number of nitrogens with two attached hydrogens (primary N) is 1. The Morgan fingerprint density at radius 1 is 1.17 bits per heavy atom. The van der Waals surface area contributed by atoms with Gasteiger partial charge in [-0.1, -0.05) is 11.6 Å². The van der Waals surface area contributed by atoms with Crippen LogP contribution in [0, 0.1) is 5.82 Å². The van der Waals surface area contributed by atoms with Crippen LogP contribution < -0.4 is 10.2 Å². The summed E-state index contributed by atoms with van der Waals surface area (Å²) >= 11 is 0. The van der Waals surface area contributed by atoms with Crippen molar-refractivity contribution in [2.45, 2.75) is 44.6 Å². The fourth-order valence-corrected chi connectivity index (χ4v) is 3.30. The number of quaternary nitrogens is 1. The van der Waals surface area contributed by atoms with Gasteiger partial charge in [-0.2, -0.15) is 0 Å². The van der Waals surface area contributed by atoms with Crippen LogP contribution in [0.4, 0.5) is 10.1 Å². The van der Waals surface area contributed by atoms with Gasteiger partial charge in [-0.15, -0.1) is 0 Å². The van der Waals surface area contributed by atoms with Crippen LogP contribution in [0.1, 0.15) is 38.5 Å². The summed E-state index contributed by atoms with van der Waals surface area (Å²) in [5.41, 5.74) is 1.92. The number of benzene rings is 1. The van der Waals surface area contributed by atoms with Gasteiger partial charge in [0.1, 0.15) is 5.82 Å². The number of halogens is 1. The van der Waals surface area contributed by atoms with Crippen molar-refractivity contribution in [1.29, 1.82) is 0 Å². The second kappa shape index (κ2) is 7.04. The Balaban J connectivity index is 1.57. The van der Waals surface area contributed by atoms with Crippen molar-refractivity contribution in [3.63, 3.8) is 0 Å². The van der Waals surface area contributed by atoms with Crippen molar-refractivity contribution in [3.8, 4) is 0 Å². The first-order valence-electron chi connectivity index (χ1n) is 8.29. The smallest absolute Gasteiger partial charge is 0.292 e. The van der Waals surface area contributed by atoms with Crippen molar-refractivity contribution >= 4 is 17.5 Å². The average Bonchev–Trinajstić information content (AvgIpc) is 2.84. The van der Waals surface area contributed by atoms with Gasteiger partial charge >= 0.3 is 0 Å². The SMILES string of the molecule is O=C1CC([NH2+]CCC2=CCCCC2)C(=O)N1c1ccc(F)cc1. The third-order valence-corrected chi connectivity index (χ3v) is 4.57. The van der Waals surface area contributed by atoms with E-state index in [-0.39, 0.29) is 30.1 Å². The molecule has 2 amide bonds. The van der Waals surface area contributed by atoms with Gasteiger partial charge in [0, 0.05) is 6.42 Å². The zero-order chi connectivity index (χ0) is 16.2. The molecule has 2 aliphatic rings. The monoisotopic (exact) mass is 317 g/mol. The summed E-state index contributed by atoms with van der Waals surface area (Å²) in [7, 11) is 0. The summed E-state index contributed by atoms with van der Waals surface area (Å²) in [4.78, 5) is 25.8. The standard InChI is InChI=1S/C18H21FN2O2/c19-14-6-8-15(9-7-14)21-17(22)12-16(18(21)23)20-11-10-13-4-2-1-3-5-13/h4,6-9,16,20H,1-3,5,10-12H2/p+1. The fraction of sp³-hybridized carbons (Fsp3) is 0.444. The summed E-state index contributed by atoms with van der Waals surface area (Å²) in [6.07, 6.45) is 8.36. The molecule has 1 heterocycles. The van der Waals surface area contributed by atoms with Crippen molar-refractivity contribution in [2.24, 2.45) is 0 Å². The summed E-state index contributed by atoms with van der Waals surface area (Å²) < 4.78 is 13.0. The molecule has 23 heavy (non-hydrogen) atoms. The minimum absolute atomic E-state index is 0.195. The fourth-order valence-electron chi connectivity index (χ4n) is 3.30. The first-order valence-corrected chi connectivity index (χ1v) is 8.29. The number of allylic oxidation sites excluding steroid dienone is 1. The van der Waals surface area contributed by atoms with E-state index in [0.717, 1.165) is 25.8 Å². The van der Waals surface area contributed by atoms with Crippen LogP contribution in [0.2, 0.25) is 0 Å². The predicted octanol–water partition coefficient (Wildman–Crippen LogP) is 1.91. The van der Waals surface area contributed by atoms with E-state index in [4.69, 9.17) is 0 Å². The number of imide groups is 1. The molecular formula is C18H22FN2O2+. The molecule has 1 aromatic rings. The van der Waals surface area contributed by atoms with E-state index in [2.05, 4.69) is 6.08 Å². The second-order valence-electron chi connectivity index (χ2n) is 6.24. The summed E-state index contributed by atoms with van der Waals surface area (Å²) in [6, 6.07) is 5.13. The maximum absolute atomic E-state index is 13.0. The number of amides is 2. The lowest BCUT2D eigenvalue weighted by molar-refractivity contribution is -0.674. The number of anilines is 1. The number of hydrogen-bond acceptors (Lipinski definition) is 2. The van der Waals surface area contributed by atoms with E-state index in [9.17, 15) is 14.0 Å². The van der Waals surface area contributed by atoms with Crippen LogP contribution >= 0.6 is 0 Å². The molecule has 4 nitrogen and oxygen atoms in total. The third-order valence-electron chi connectivity index (χ3n) is 4.57. The van der Waals surface area contributed by atoms with E-state index in [0.29, 0.717) is 5.69 Å². The number of nitrogens with zero attached hydrogens (tertiary/aromatic N) is 1. The Morgan fingerprint density at radius 3 is 2.65 bits per heavy atom. The molecule has 1 unspecified atom stereocenters. The summed E-state index contributed by atoms with van der Waals surface area (Å²) in [6.45, 7) is 0.826. The van der Waals surface area contributed by atoms with Gasteiger partial charge in [0.15, 0.2) is 6.04 Å². The molecule has 1 aliphatic carbocycles. The highest BCUT2D eigenvalue weighted by Gasteiger charge is 2.42. The van der Waals surface area contributed by atoms with Gasteiger partial charge in [-0.25, -0.2) is 9.29 Å². The minimum atomic E-state index is -0.378. The first-order chi connectivity index (χ1) is 11.1. The highest BCUT2D eigenvalue weighted by Crippen LogP contribution is 2.22. The Kier molecular flexibility index (Phi) is 4.86. The van der Waals surface area contributed by atoms with Crippen LogP contribution in [0.3, 0.4) is 0 Å². The van der Waals surface area contributed by atoms with Crippen LogP contribution in [-0.4, -0.2) is 24.4 Å². The highest BCUT2D eigenvalue weighted by molar-refractivity contribution is 6.21. The van der Waals surface area contributed by atoms with Gasteiger partial charge in [0.25, 0.3) is 5.91 Å². The minimum Gasteiger partial charge on any atom is -0.335 e. The zero-order valence-electron chi connectivity index (χ0n) is 13.1. The molecule has 1 fully saturated rings. The van der Waals surface area contributed by atoms with Gasteiger partial charge in [-0.3, -0.25) is 9.59 Å². The van der Waals surface area contributed by atoms with E-state index in [1.165, 1.54) is 47.6 Å². The Hall–Kier alpha value is -2.01. The van der Waals surface area contributed by atoms with Gasteiger partial charge < -0.3 is 5.32 Å². The van der Waals surface area contributed by atoms with E-state index < -0.39 is 0 Å². The molecule has 0 aromatic heterocycles. The van der Waals surface area contributed by atoms with Crippen molar-refractivity contribution in [3.05, 3.63) is 41.7 Å². The van der Waals surface area contributed by atoms with Crippen LogP contribution in [0.5, 0.6) is 0 Å². The number of carbonyl (C=O) groups excluding carboxylic acids is 2. The van der Waals surface area contributed by atoms with Crippen molar-refractivity contribution in [1.82, 2.24) is 0 Å². The topological polar surface area (TPSA) is 54.0 Å². The zero-order valence-corrected chi connectivity index (χ0v) is 13.1. The quantitative estimate of drug-likeness (QED) is 0.666. The maximum Gasteiger partial charge on any atom is 0.292 e. The normalized spacial score (nSPS) is 21.7. The molecule has 0 bridgehead atoms. The first kappa shape index (κ1) is 15.9. The van der Waals surface area contributed by atoms with E-state index >= 15 is 0 Å². The van der Waals surface area contributed by atoms with E-state index in [1.54, 1.807) is 0 Å². The van der Waals surface area contributed by atoms with Crippen LogP contribution in [0.15, 0.2) is 35.9 Å². The van der Waals surface area contributed by atoms with Crippen LogP contribution in [0.25, 0.3) is 0 Å². The summed E-state index contributed by atoms with van der Waals surface area (Å²) in [5, 5.41) is 1.97. The molecule has 0 spiro atoms. The number of rotatable bonds is 5. The highest BCUT2D eigenvalue weighted by atomic mass is 19.1. The van der Waals surface area contributed by atoms with E-state index in [1.807, 2.05) is 5.32 Å². The molecule has 1 aromatic carbocycles. The molecule has 1 atom stereocenters. The molecule has 0 saturated carbocycles. The molecule has 3 rings (SSSR count). The lowest BCUT2D eigenvalue weighted by Gasteiger charge is -2.15. The molecule has 5 heteroatoms. The molecule has 2 N–H and O–H groups in total. The van der Waals surface area contributed by atoms with Gasteiger partial charge in [0.05, 0.1) is 18.7 Å². The summed E-state index contributed by atoms with van der Waals surface area (Å²) in [5.74, 6) is -0.782. The molecule has 122 valence electrons. The second-order valence-corrected chi connectivity index (χ2v) is 6.24. The lowest BCUT2D eigenvalue weighted by atomic mass is 9.97. The maximum atomic E-state index is 13.0. The Morgan fingerprint density at radius 2 is 1.96 bits per heavy atom. The molecule has 1 aliphatic heterocycles. The Labute approximate surface area is 135 Å². The number of carbonyl (C=O) groups is 2. The number of hydrogen-bond donors (Lipinski definition) is 1. The molecule has 0 radical (unpaired) electrons. The largest absolute Gasteiger partial charge is 0.335 e. The van der Waals surface area contributed by atoms with Gasteiger partial charge in [0.2, 0.25) is 5.91 Å². The molecular weight excluding hydrogens is 295 g/mol. The molecule has 1 saturated heterocycles. The van der Waals surface area contributed by atoms with Crippen molar-refractivity contribution in [2.75, 3.05) is 11.4 Å². The third kappa shape index (κ3) is 3.67. The Bertz CT molecular complexity index is 624. The van der Waals surface area contributed by atoms with Crippen LogP contribution in [-0.2, 0) is 9.59 Å².